The smallest absolute Gasteiger partial charge is 0.131 e. The molecule has 0 spiro atoms. The van der Waals surface area contributed by atoms with Gasteiger partial charge in [-0.05, 0) is 11.6 Å². The fourth-order valence-electron chi connectivity index (χ4n) is 1.51. The fraction of sp³-hybridized carbons (Fsp3) is 0.154. The molecule has 1 aromatic heterocycles. The largest absolute Gasteiger partial charge is 0.392 e. The van der Waals surface area contributed by atoms with Gasteiger partial charge in [0, 0.05) is 18.3 Å². The van der Waals surface area contributed by atoms with Gasteiger partial charge in [0.15, 0.2) is 0 Å². The van der Waals surface area contributed by atoms with E-state index in [0.717, 1.165) is 11.4 Å². The van der Waals surface area contributed by atoms with Gasteiger partial charge in [-0.1, -0.05) is 36.4 Å². The van der Waals surface area contributed by atoms with Gasteiger partial charge in [0.2, 0.25) is 0 Å². The molecule has 0 aliphatic rings. The Morgan fingerprint density at radius 3 is 2.62 bits per heavy atom. The van der Waals surface area contributed by atoms with Gasteiger partial charge >= 0.3 is 0 Å². The predicted molar refractivity (Wildman–Crippen MR) is 63.9 cm³/mol. The summed E-state index contributed by atoms with van der Waals surface area (Å²) in [4.78, 5) is 4.19. The maximum absolute atomic E-state index is 9.14. The number of rotatable bonds is 4. The number of aromatic nitrogens is 1. The minimum atomic E-state index is 0.00492. The predicted octanol–water partition coefficient (Wildman–Crippen LogP) is 2.19. The van der Waals surface area contributed by atoms with Crippen LogP contribution in [0.3, 0.4) is 0 Å². The van der Waals surface area contributed by atoms with Crippen molar-refractivity contribution in [2.24, 2.45) is 0 Å². The summed E-state index contributed by atoms with van der Waals surface area (Å²) in [5.41, 5.74) is 2.01. The number of aliphatic hydroxyl groups excluding tert-OH is 1. The van der Waals surface area contributed by atoms with E-state index in [0.29, 0.717) is 6.54 Å². The lowest BCUT2D eigenvalue weighted by atomic mass is 10.2. The molecule has 0 unspecified atom stereocenters. The van der Waals surface area contributed by atoms with Crippen molar-refractivity contribution in [1.82, 2.24) is 4.98 Å². The van der Waals surface area contributed by atoms with Crippen molar-refractivity contribution in [3.63, 3.8) is 0 Å². The van der Waals surface area contributed by atoms with Gasteiger partial charge in [0.1, 0.15) is 5.82 Å². The summed E-state index contributed by atoms with van der Waals surface area (Å²) < 4.78 is 0. The van der Waals surface area contributed by atoms with Gasteiger partial charge in [0.25, 0.3) is 0 Å². The van der Waals surface area contributed by atoms with Gasteiger partial charge in [0.05, 0.1) is 6.61 Å². The highest BCUT2D eigenvalue weighted by molar-refractivity contribution is 5.43. The zero-order chi connectivity index (χ0) is 11.2. The molecule has 2 rings (SSSR count). The molecule has 16 heavy (non-hydrogen) atoms. The van der Waals surface area contributed by atoms with Crippen LogP contribution in [0, 0.1) is 0 Å². The summed E-state index contributed by atoms with van der Waals surface area (Å²) in [7, 11) is 0. The third kappa shape index (κ3) is 2.58. The van der Waals surface area contributed by atoms with E-state index in [-0.39, 0.29) is 6.61 Å². The molecule has 0 aliphatic heterocycles. The fourth-order valence-corrected chi connectivity index (χ4v) is 1.51. The van der Waals surface area contributed by atoms with Crippen molar-refractivity contribution in [3.8, 4) is 0 Å². The molecular weight excluding hydrogens is 200 g/mol. The van der Waals surface area contributed by atoms with Crippen LogP contribution >= 0.6 is 0 Å². The van der Waals surface area contributed by atoms with Crippen LogP contribution < -0.4 is 5.32 Å². The molecule has 0 atom stereocenters. The van der Waals surface area contributed by atoms with Crippen molar-refractivity contribution in [3.05, 3.63) is 59.8 Å². The summed E-state index contributed by atoms with van der Waals surface area (Å²) in [6.07, 6.45) is 1.71. The molecular formula is C13H14N2O. The monoisotopic (exact) mass is 214 g/mol. The van der Waals surface area contributed by atoms with Gasteiger partial charge in [-0.2, -0.15) is 0 Å². The molecule has 82 valence electrons. The van der Waals surface area contributed by atoms with Crippen molar-refractivity contribution in [2.75, 3.05) is 5.32 Å². The van der Waals surface area contributed by atoms with Gasteiger partial charge in [-0.3, -0.25) is 0 Å². The molecule has 0 aliphatic carbocycles. The first-order valence-electron chi connectivity index (χ1n) is 5.22. The standard InChI is InChI=1S/C13H14N2O/c16-10-12-7-4-8-14-13(12)15-9-11-5-2-1-3-6-11/h1-8,16H,9-10H2,(H,14,15). The Labute approximate surface area is 94.8 Å². The maximum atomic E-state index is 9.14. The first-order valence-corrected chi connectivity index (χ1v) is 5.22. The summed E-state index contributed by atoms with van der Waals surface area (Å²) in [5, 5.41) is 12.3. The van der Waals surface area contributed by atoms with Crippen LogP contribution in [0.15, 0.2) is 48.7 Å². The van der Waals surface area contributed by atoms with Crippen LogP contribution in [-0.4, -0.2) is 10.1 Å². The average Bonchev–Trinajstić information content (AvgIpc) is 2.38. The lowest BCUT2D eigenvalue weighted by molar-refractivity contribution is 0.282. The second kappa shape index (κ2) is 5.28. The highest BCUT2D eigenvalue weighted by Crippen LogP contribution is 2.12. The lowest BCUT2D eigenvalue weighted by Gasteiger charge is -2.08. The molecule has 2 N–H and O–H groups in total. The Morgan fingerprint density at radius 2 is 1.88 bits per heavy atom. The highest BCUT2D eigenvalue weighted by Gasteiger charge is 2.00. The molecule has 3 nitrogen and oxygen atoms in total. The van der Waals surface area contributed by atoms with Crippen LogP contribution in [0.2, 0.25) is 0 Å². The van der Waals surface area contributed by atoms with Crippen LogP contribution in [0.5, 0.6) is 0 Å². The minimum Gasteiger partial charge on any atom is -0.392 e. The van der Waals surface area contributed by atoms with Crippen LogP contribution in [0.4, 0.5) is 5.82 Å². The Hall–Kier alpha value is -1.87. The SMILES string of the molecule is OCc1cccnc1NCc1ccccc1. The number of pyridine rings is 1. The lowest BCUT2D eigenvalue weighted by Crippen LogP contribution is -2.04. The maximum Gasteiger partial charge on any atom is 0.131 e. The summed E-state index contributed by atoms with van der Waals surface area (Å²) in [5.74, 6) is 0.744. The van der Waals surface area contributed by atoms with E-state index >= 15 is 0 Å². The van der Waals surface area contributed by atoms with Crippen molar-refractivity contribution < 1.29 is 5.11 Å². The number of nitrogens with zero attached hydrogens (tertiary/aromatic N) is 1. The zero-order valence-electron chi connectivity index (χ0n) is 8.93. The molecule has 0 radical (unpaired) electrons. The molecule has 0 bridgehead atoms. The molecule has 1 aromatic carbocycles. The van der Waals surface area contributed by atoms with E-state index in [1.54, 1.807) is 6.20 Å². The van der Waals surface area contributed by atoms with Crippen molar-refractivity contribution >= 4 is 5.82 Å². The Kier molecular flexibility index (Phi) is 3.51. The molecule has 3 heteroatoms. The summed E-state index contributed by atoms with van der Waals surface area (Å²) in [6, 6.07) is 13.8. The molecule has 0 amide bonds. The van der Waals surface area contributed by atoms with Crippen LogP contribution in [0.1, 0.15) is 11.1 Å². The van der Waals surface area contributed by atoms with Gasteiger partial charge < -0.3 is 10.4 Å². The first-order chi connectivity index (χ1) is 7.90. The van der Waals surface area contributed by atoms with Gasteiger partial charge in [-0.25, -0.2) is 4.98 Å². The van der Waals surface area contributed by atoms with E-state index in [4.69, 9.17) is 5.11 Å². The van der Waals surface area contributed by atoms with E-state index in [9.17, 15) is 0 Å². The highest BCUT2D eigenvalue weighted by atomic mass is 16.3. The topological polar surface area (TPSA) is 45.2 Å². The normalized spacial score (nSPS) is 10.1. The average molecular weight is 214 g/mol. The third-order valence-corrected chi connectivity index (χ3v) is 2.36. The number of hydrogen-bond acceptors (Lipinski definition) is 3. The Bertz CT molecular complexity index is 443. The van der Waals surface area contributed by atoms with E-state index in [1.807, 2.05) is 30.3 Å². The molecule has 1 heterocycles. The third-order valence-electron chi connectivity index (χ3n) is 2.36. The molecule has 0 fully saturated rings. The summed E-state index contributed by atoms with van der Waals surface area (Å²) in [6.45, 7) is 0.718. The molecule has 0 saturated carbocycles. The second-order valence-electron chi connectivity index (χ2n) is 3.51. The van der Waals surface area contributed by atoms with Gasteiger partial charge in [-0.15, -0.1) is 0 Å². The Balaban J connectivity index is 2.05. The van der Waals surface area contributed by atoms with E-state index in [1.165, 1.54) is 5.56 Å². The second-order valence-corrected chi connectivity index (χ2v) is 3.51. The van der Waals surface area contributed by atoms with Crippen LogP contribution in [0.25, 0.3) is 0 Å². The quantitative estimate of drug-likeness (QED) is 0.820. The van der Waals surface area contributed by atoms with E-state index in [2.05, 4.69) is 22.4 Å². The minimum absolute atomic E-state index is 0.00492. The molecule has 0 saturated heterocycles. The number of hydrogen-bond donors (Lipinski definition) is 2. The number of benzene rings is 1. The zero-order valence-corrected chi connectivity index (χ0v) is 8.93. The van der Waals surface area contributed by atoms with Crippen molar-refractivity contribution in [2.45, 2.75) is 13.2 Å². The molecule has 2 aromatic rings. The van der Waals surface area contributed by atoms with Crippen LogP contribution in [-0.2, 0) is 13.2 Å². The summed E-state index contributed by atoms with van der Waals surface area (Å²) >= 11 is 0. The number of nitrogens with one attached hydrogen (secondary N) is 1. The Morgan fingerprint density at radius 1 is 1.06 bits per heavy atom. The van der Waals surface area contributed by atoms with Crippen molar-refractivity contribution in [1.29, 1.82) is 0 Å². The van der Waals surface area contributed by atoms with E-state index < -0.39 is 0 Å². The number of aliphatic hydroxyl groups is 1. The number of anilines is 1. The first kappa shape index (κ1) is 10.6.